The highest BCUT2D eigenvalue weighted by Crippen LogP contribution is 2.25. The normalized spacial score (nSPS) is 15.0. The zero-order chi connectivity index (χ0) is 22.2. The van der Waals surface area contributed by atoms with E-state index in [0.29, 0.717) is 13.1 Å². The van der Waals surface area contributed by atoms with Crippen molar-refractivity contribution in [1.82, 2.24) is 20.1 Å². The predicted octanol–water partition coefficient (Wildman–Crippen LogP) is 2.06. The van der Waals surface area contributed by atoms with Crippen LogP contribution in [0.25, 0.3) is 0 Å². The molecule has 1 aliphatic heterocycles. The van der Waals surface area contributed by atoms with E-state index in [-0.39, 0.29) is 0 Å². The number of methoxy groups -OCH3 is 2. The largest absolute Gasteiger partial charge is 0.497 e. The van der Waals surface area contributed by atoms with E-state index in [1.165, 1.54) is 0 Å². The Morgan fingerprint density at radius 3 is 2.52 bits per heavy atom. The number of nitrogens with zero attached hydrogens (tertiary/aromatic N) is 5. The maximum Gasteiger partial charge on any atom is 0.193 e. The van der Waals surface area contributed by atoms with E-state index in [4.69, 9.17) is 9.47 Å². The molecule has 1 N–H and O–H groups in total. The molecule has 0 amide bonds. The van der Waals surface area contributed by atoms with Crippen molar-refractivity contribution in [2.75, 3.05) is 66.4 Å². The molecule has 2 heterocycles. The van der Waals surface area contributed by atoms with Crippen LogP contribution in [-0.4, -0.2) is 82.3 Å². The highest BCUT2D eigenvalue weighted by atomic mass is 16.5. The quantitative estimate of drug-likeness (QED) is 0.537. The lowest BCUT2D eigenvalue weighted by molar-refractivity contribution is 0.312. The molecule has 2 aromatic rings. The lowest BCUT2D eigenvalue weighted by Crippen LogP contribution is -2.44. The van der Waals surface area contributed by atoms with Gasteiger partial charge in [-0.15, -0.1) is 0 Å². The second kappa shape index (κ2) is 10.9. The van der Waals surface area contributed by atoms with Gasteiger partial charge in [-0.3, -0.25) is 4.99 Å². The number of aliphatic imine (C=N–C) groups is 1. The fraction of sp³-hybridized carbons (Fsp3) is 0.478. The third kappa shape index (κ3) is 6.01. The summed E-state index contributed by atoms with van der Waals surface area (Å²) in [6.07, 6.45) is 1.94. The number of hydrogen-bond donors (Lipinski definition) is 1. The molecule has 8 heteroatoms. The van der Waals surface area contributed by atoms with Crippen LogP contribution in [-0.2, 0) is 13.1 Å². The van der Waals surface area contributed by atoms with E-state index in [1.54, 1.807) is 21.3 Å². The van der Waals surface area contributed by atoms with Crippen molar-refractivity contribution in [3.05, 3.63) is 47.7 Å². The van der Waals surface area contributed by atoms with Crippen molar-refractivity contribution in [1.29, 1.82) is 0 Å². The molecule has 0 saturated carbocycles. The Kier molecular flexibility index (Phi) is 7.94. The Morgan fingerprint density at radius 2 is 1.90 bits per heavy atom. The first-order chi connectivity index (χ1) is 15.0. The average Bonchev–Trinajstić information content (AvgIpc) is 2.80. The molecule has 31 heavy (non-hydrogen) atoms. The second-order valence-electron chi connectivity index (χ2n) is 7.75. The number of hydrogen-bond acceptors (Lipinski definition) is 6. The van der Waals surface area contributed by atoms with E-state index >= 15 is 0 Å². The molecule has 0 unspecified atom stereocenters. The minimum Gasteiger partial charge on any atom is -0.497 e. The lowest BCUT2D eigenvalue weighted by atomic mass is 10.2. The Bertz CT molecular complexity index is 863. The van der Waals surface area contributed by atoms with Gasteiger partial charge in [-0.25, -0.2) is 4.98 Å². The van der Waals surface area contributed by atoms with E-state index in [9.17, 15) is 0 Å². The SMILES string of the molecule is CN=C(NCc1ccc(N2CCN(C)CC2)nc1)N(C)Cc1ccc(OC)cc1OC. The molecule has 0 aliphatic carbocycles. The monoisotopic (exact) mass is 426 g/mol. The van der Waals surface area contributed by atoms with Crippen LogP contribution in [0.5, 0.6) is 11.5 Å². The van der Waals surface area contributed by atoms with Crippen LogP contribution in [0.4, 0.5) is 5.82 Å². The van der Waals surface area contributed by atoms with Crippen LogP contribution in [0.15, 0.2) is 41.5 Å². The fourth-order valence-electron chi connectivity index (χ4n) is 3.62. The minimum absolute atomic E-state index is 0.660. The first-order valence-electron chi connectivity index (χ1n) is 10.5. The standard InChI is InChI=1S/C23H34N6O2/c1-24-23(28(3)17-19-7-8-20(30-4)14-21(19)31-5)26-16-18-6-9-22(25-15-18)29-12-10-27(2)11-13-29/h6-9,14-15H,10-13,16-17H2,1-5H3,(H,24,26). The first kappa shape index (κ1) is 22.7. The Balaban J connectivity index is 1.56. The van der Waals surface area contributed by atoms with Gasteiger partial charge in [0, 0.05) is 71.2 Å². The summed E-state index contributed by atoms with van der Waals surface area (Å²) in [6.45, 7) is 5.51. The van der Waals surface area contributed by atoms with Crippen LogP contribution >= 0.6 is 0 Å². The van der Waals surface area contributed by atoms with E-state index in [2.05, 4.69) is 49.2 Å². The molecule has 3 rings (SSSR count). The number of guanidine groups is 1. The first-order valence-corrected chi connectivity index (χ1v) is 10.5. The summed E-state index contributed by atoms with van der Waals surface area (Å²) in [7, 11) is 9.28. The summed E-state index contributed by atoms with van der Waals surface area (Å²) in [5.74, 6) is 3.43. The summed E-state index contributed by atoms with van der Waals surface area (Å²) >= 11 is 0. The second-order valence-corrected chi connectivity index (χ2v) is 7.75. The topological polar surface area (TPSA) is 65.5 Å². The third-order valence-electron chi connectivity index (χ3n) is 5.56. The van der Waals surface area contributed by atoms with Gasteiger partial charge in [0.05, 0.1) is 14.2 Å². The highest BCUT2D eigenvalue weighted by Gasteiger charge is 2.15. The molecular formula is C23H34N6O2. The molecule has 1 fully saturated rings. The maximum absolute atomic E-state index is 5.52. The van der Waals surface area contributed by atoms with E-state index < -0.39 is 0 Å². The van der Waals surface area contributed by atoms with Gasteiger partial charge in [0.2, 0.25) is 0 Å². The van der Waals surface area contributed by atoms with Gasteiger partial charge in [0.15, 0.2) is 5.96 Å². The number of benzene rings is 1. The van der Waals surface area contributed by atoms with Crippen molar-refractivity contribution < 1.29 is 9.47 Å². The molecule has 1 aromatic carbocycles. The summed E-state index contributed by atoms with van der Waals surface area (Å²) in [4.78, 5) is 15.8. The van der Waals surface area contributed by atoms with Gasteiger partial charge in [-0.2, -0.15) is 0 Å². The number of likely N-dealkylation sites (N-methyl/N-ethyl adjacent to an activating group) is 1. The van der Waals surface area contributed by atoms with Crippen molar-refractivity contribution in [2.45, 2.75) is 13.1 Å². The van der Waals surface area contributed by atoms with E-state index in [1.807, 2.05) is 31.4 Å². The van der Waals surface area contributed by atoms with Crippen LogP contribution in [0.3, 0.4) is 0 Å². The molecule has 8 nitrogen and oxygen atoms in total. The molecular weight excluding hydrogens is 392 g/mol. The van der Waals surface area contributed by atoms with Gasteiger partial charge in [-0.1, -0.05) is 6.07 Å². The highest BCUT2D eigenvalue weighted by molar-refractivity contribution is 5.79. The van der Waals surface area contributed by atoms with Crippen LogP contribution in [0.2, 0.25) is 0 Å². The number of aromatic nitrogens is 1. The molecule has 0 atom stereocenters. The summed E-state index contributed by atoms with van der Waals surface area (Å²) < 4.78 is 10.8. The van der Waals surface area contributed by atoms with Crippen molar-refractivity contribution in [3.63, 3.8) is 0 Å². The summed E-state index contributed by atoms with van der Waals surface area (Å²) in [5, 5.41) is 3.42. The number of rotatable bonds is 7. The fourth-order valence-corrected chi connectivity index (χ4v) is 3.62. The van der Waals surface area contributed by atoms with Crippen LogP contribution in [0, 0.1) is 0 Å². The molecule has 1 aromatic heterocycles. The zero-order valence-corrected chi connectivity index (χ0v) is 19.3. The van der Waals surface area contributed by atoms with Gasteiger partial charge in [0.25, 0.3) is 0 Å². The molecule has 168 valence electrons. The Labute approximate surface area is 185 Å². The molecule has 1 aliphatic rings. The van der Waals surface area contributed by atoms with E-state index in [0.717, 1.165) is 60.6 Å². The lowest BCUT2D eigenvalue weighted by Gasteiger charge is -2.33. The van der Waals surface area contributed by atoms with Gasteiger partial charge >= 0.3 is 0 Å². The molecule has 0 spiro atoms. The molecule has 0 radical (unpaired) electrons. The predicted molar refractivity (Wildman–Crippen MR) is 125 cm³/mol. The Morgan fingerprint density at radius 1 is 1.13 bits per heavy atom. The number of pyridine rings is 1. The molecule has 0 bridgehead atoms. The number of anilines is 1. The third-order valence-corrected chi connectivity index (χ3v) is 5.56. The van der Waals surface area contributed by atoms with Crippen molar-refractivity contribution >= 4 is 11.8 Å². The Hall–Kier alpha value is -3.00. The average molecular weight is 427 g/mol. The maximum atomic E-state index is 5.52. The summed E-state index contributed by atoms with van der Waals surface area (Å²) in [6, 6.07) is 10.1. The number of piperazine rings is 1. The van der Waals surface area contributed by atoms with Crippen molar-refractivity contribution in [2.24, 2.45) is 4.99 Å². The zero-order valence-electron chi connectivity index (χ0n) is 19.3. The smallest absolute Gasteiger partial charge is 0.193 e. The van der Waals surface area contributed by atoms with Crippen molar-refractivity contribution in [3.8, 4) is 11.5 Å². The number of ether oxygens (including phenoxy) is 2. The van der Waals surface area contributed by atoms with Gasteiger partial charge in [0.1, 0.15) is 17.3 Å². The van der Waals surface area contributed by atoms with Crippen LogP contribution in [0.1, 0.15) is 11.1 Å². The van der Waals surface area contributed by atoms with Gasteiger partial charge < -0.3 is 29.5 Å². The summed E-state index contributed by atoms with van der Waals surface area (Å²) in [5.41, 5.74) is 2.18. The van der Waals surface area contributed by atoms with Crippen LogP contribution < -0.4 is 19.7 Å². The minimum atomic E-state index is 0.660. The van der Waals surface area contributed by atoms with Gasteiger partial charge in [-0.05, 0) is 30.8 Å². The molecule has 1 saturated heterocycles. The number of nitrogens with one attached hydrogen (secondary N) is 1.